The normalized spacial score (nSPS) is 10.2. The topological polar surface area (TPSA) is 215 Å². The molecule has 0 saturated heterocycles. The summed E-state index contributed by atoms with van der Waals surface area (Å²) in [4.78, 5) is 18.7. The maximum Gasteiger partial charge on any atom is 2.00 e. The predicted molar refractivity (Wildman–Crippen MR) is 44.2 cm³/mol. The Morgan fingerprint density at radius 1 is 0.875 bits per heavy atom. The molecule has 0 aromatic rings. The van der Waals surface area contributed by atoms with Crippen LogP contribution in [0.25, 0.3) is 0 Å². The number of hydrogen-bond donors (Lipinski definition) is 2. The molecule has 16 heavy (non-hydrogen) atoms. The summed E-state index contributed by atoms with van der Waals surface area (Å²) in [5.41, 5.74) is 0. The van der Waals surface area contributed by atoms with E-state index in [0.717, 1.165) is 13.8 Å². The standard InChI is InChI=1S/2C3H6O3.3H2O.Zn/c2*1-2(4)3(5)6;;;;/h2*2,4H,1H3,(H,5,6);3*1H2;/q;;;;;+2/p-2/t2*2-;;;;/m00..../s1. The Balaban J connectivity index is -0.0000000250. The molecule has 0 aromatic heterocycles. The van der Waals surface area contributed by atoms with Crippen LogP contribution in [0.15, 0.2) is 0 Å². The molecule has 0 amide bonds. The number of hydrogen-bond acceptors (Lipinski definition) is 6. The average molecular weight is 298 g/mol. The second-order valence-electron chi connectivity index (χ2n) is 1.99. The smallest absolute Gasteiger partial charge is 0.547 e. The summed E-state index contributed by atoms with van der Waals surface area (Å²) in [6, 6.07) is 0. The number of carbonyl (C=O) groups is 2. The summed E-state index contributed by atoms with van der Waals surface area (Å²) >= 11 is 0. The van der Waals surface area contributed by atoms with Gasteiger partial charge in [0.15, 0.2) is 0 Å². The molecule has 10 heteroatoms. The van der Waals surface area contributed by atoms with Gasteiger partial charge in [-0.15, -0.1) is 0 Å². The summed E-state index contributed by atoms with van der Waals surface area (Å²) < 4.78 is 0. The van der Waals surface area contributed by atoms with Crippen molar-refractivity contribution < 1.29 is 65.9 Å². The Morgan fingerprint density at radius 2 is 0.938 bits per heavy atom. The third-order valence-corrected chi connectivity index (χ3v) is 0.682. The second kappa shape index (κ2) is 19.9. The fourth-order valence-corrected chi connectivity index (χ4v) is 0. The van der Waals surface area contributed by atoms with Crippen molar-refractivity contribution in [2.24, 2.45) is 0 Å². The molecule has 8 N–H and O–H groups in total. The zero-order chi connectivity index (χ0) is 10.3. The molecule has 0 bridgehead atoms. The van der Waals surface area contributed by atoms with E-state index in [1.165, 1.54) is 0 Å². The van der Waals surface area contributed by atoms with Crippen LogP contribution in [0.1, 0.15) is 13.8 Å². The molecule has 2 atom stereocenters. The van der Waals surface area contributed by atoms with Crippen molar-refractivity contribution in [2.75, 3.05) is 0 Å². The van der Waals surface area contributed by atoms with Gasteiger partial charge in [0.2, 0.25) is 0 Å². The van der Waals surface area contributed by atoms with Gasteiger partial charge in [-0.25, -0.2) is 0 Å². The van der Waals surface area contributed by atoms with E-state index in [1.807, 2.05) is 0 Å². The second-order valence-corrected chi connectivity index (χ2v) is 1.99. The van der Waals surface area contributed by atoms with Crippen molar-refractivity contribution >= 4 is 11.9 Å². The molecule has 0 rings (SSSR count). The molecule has 0 unspecified atom stereocenters. The molecular weight excluding hydrogens is 281 g/mol. The van der Waals surface area contributed by atoms with Gasteiger partial charge in [0, 0.05) is 0 Å². The first-order valence-corrected chi connectivity index (χ1v) is 3.06. The number of carboxylic acids is 2. The number of aliphatic carboxylic acids is 2. The molecule has 96 valence electrons. The Kier molecular flexibility index (Phi) is 44.9. The van der Waals surface area contributed by atoms with Crippen molar-refractivity contribution in [3.8, 4) is 0 Å². The third kappa shape index (κ3) is 37.7. The fourth-order valence-electron chi connectivity index (χ4n) is 0. The van der Waals surface area contributed by atoms with E-state index >= 15 is 0 Å². The van der Waals surface area contributed by atoms with Gasteiger partial charge < -0.3 is 46.4 Å². The number of aliphatic hydroxyl groups is 2. The first-order valence-electron chi connectivity index (χ1n) is 3.06. The van der Waals surface area contributed by atoms with Crippen LogP contribution in [-0.4, -0.2) is 50.8 Å². The van der Waals surface area contributed by atoms with Crippen LogP contribution in [0.3, 0.4) is 0 Å². The predicted octanol–water partition coefficient (Wildman–Crippen LogP) is -6.24. The van der Waals surface area contributed by atoms with E-state index in [9.17, 15) is 19.8 Å². The SMILES string of the molecule is C[C@H](O)C(=O)[O-].C[C@H](O)C(=O)[O-].O.O.O.[Zn+2]. The van der Waals surface area contributed by atoms with Crippen LogP contribution in [-0.2, 0) is 29.1 Å². The number of carboxylic acid groups (broad SMARTS) is 2. The van der Waals surface area contributed by atoms with E-state index in [2.05, 4.69) is 0 Å². The Morgan fingerprint density at radius 3 is 0.938 bits per heavy atom. The van der Waals surface area contributed by atoms with Crippen molar-refractivity contribution in [2.45, 2.75) is 26.1 Å². The first kappa shape index (κ1) is 36.2. The van der Waals surface area contributed by atoms with Crippen LogP contribution in [0.2, 0.25) is 0 Å². The van der Waals surface area contributed by atoms with Crippen LogP contribution in [0.4, 0.5) is 0 Å². The minimum Gasteiger partial charge on any atom is -0.547 e. The maximum atomic E-state index is 9.34. The summed E-state index contributed by atoms with van der Waals surface area (Å²) in [6.45, 7) is 2.27. The Hall–Kier alpha value is -0.637. The minimum absolute atomic E-state index is 0. The van der Waals surface area contributed by atoms with Gasteiger partial charge in [-0.05, 0) is 13.8 Å². The number of rotatable bonds is 2. The molecule has 0 aromatic carbocycles. The van der Waals surface area contributed by atoms with Crippen LogP contribution in [0, 0.1) is 0 Å². The van der Waals surface area contributed by atoms with Gasteiger partial charge in [-0.3, -0.25) is 0 Å². The zero-order valence-electron chi connectivity index (χ0n) is 8.89. The monoisotopic (exact) mass is 296 g/mol. The van der Waals surface area contributed by atoms with Crippen molar-refractivity contribution in [1.29, 1.82) is 0 Å². The molecule has 0 aliphatic carbocycles. The first-order chi connectivity index (χ1) is 5.29. The van der Waals surface area contributed by atoms with Gasteiger partial charge >= 0.3 is 19.5 Å². The van der Waals surface area contributed by atoms with Crippen molar-refractivity contribution in [3.63, 3.8) is 0 Å². The quantitative estimate of drug-likeness (QED) is 0.472. The molecule has 0 aliphatic heterocycles. The van der Waals surface area contributed by atoms with E-state index in [-0.39, 0.29) is 35.9 Å². The van der Waals surface area contributed by atoms with Crippen LogP contribution in [0.5, 0.6) is 0 Å². The van der Waals surface area contributed by atoms with E-state index in [4.69, 9.17) is 10.2 Å². The molecule has 0 heterocycles. The van der Waals surface area contributed by atoms with Crippen LogP contribution >= 0.6 is 0 Å². The van der Waals surface area contributed by atoms with Gasteiger partial charge in [0.05, 0.1) is 24.1 Å². The van der Waals surface area contributed by atoms with Crippen LogP contribution < -0.4 is 10.2 Å². The summed E-state index contributed by atoms with van der Waals surface area (Å²) in [6.07, 6.45) is -2.69. The average Bonchev–Trinajstić information content (AvgIpc) is 1.88. The van der Waals surface area contributed by atoms with Gasteiger partial charge in [-0.1, -0.05) is 0 Å². The summed E-state index contributed by atoms with van der Waals surface area (Å²) in [5, 5.41) is 34.6. The molecule has 0 radical (unpaired) electrons. The van der Waals surface area contributed by atoms with Crippen molar-refractivity contribution in [3.05, 3.63) is 0 Å². The number of carbonyl (C=O) groups excluding carboxylic acids is 2. The van der Waals surface area contributed by atoms with Crippen molar-refractivity contribution in [1.82, 2.24) is 0 Å². The summed E-state index contributed by atoms with van der Waals surface area (Å²) in [7, 11) is 0. The molecule has 0 aliphatic rings. The fraction of sp³-hybridized carbons (Fsp3) is 0.667. The van der Waals surface area contributed by atoms with E-state index in [1.54, 1.807) is 0 Å². The van der Waals surface area contributed by atoms with E-state index < -0.39 is 24.1 Å². The third-order valence-electron chi connectivity index (χ3n) is 0.682. The number of aliphatic hydroxyl groups excluding tert-OH is 2. The minimum atomic E-state index is -1.44. The molecule has 0 fully saturated rings. The van der Waals surface area contributed by atoms with Gasteiger partial charge in [-0.2, -0.15) is 0 Å². The Labute approximate surface area is 104 Å². The largest absolute Gasteiger partial charge is 2.00 e. The summed E-state index contributed by atoms with van der Waals surface area (Å²) in [5.74, 6) is -2.87. The molecule has 9 nitrogen and oxygen atoms in total. The zero-order valence-corrected chi connectivity index (χ0v) is 11.9. The van der Waals surface area contributed by atoms with Gasteiger partial charge in [0.25, 0.3) is 0 Å². The Bertz CT molecular complexity index is 140. The maximum absolute atomic E-state index is 9.34. The van der Waals surface area contributed by atoms with E-state index in [0.29, 0.717) is 0 Å². The van der Waals surface area contributed by atoms with Gasteiger partial charge in [0.1, 0.15) is 0 Å². The molecular formula is C6H16O9Zn. The molecule has 0 saturated carbocycles. The molecule has 0 spiro atoms.